The molecule has 3 rings (SSSR count). The van der Waals surface area contributed by atoms with Gasteiger partial charge >= 0.3 is 0 Å². The summed E-state index contributed by atoms with van der Waals surface area (Å²) in [6.07, 6.45) is -0.172. The fraction of sp³-hybridized carbons (Fsp3) is 0.391. The minimum Gasteiger partial charge on any atom is -0.335 e. The average Bonchev–Trinajstić information content (AvgIpc) is 2.80. The first-order valence-corrected chi connectivity index (χ1v) is 12.5. The molecule has 1 saturated heterocycles. The van der Waals surface area contributed by atoms with Gasteiger partial charge in [-0.2, -0.15) is 0 Å². The first-order valence-electron chi connectivity index (χ1n) is 11.0. The highest BCUT2D eigenvalue weighted by molar-refractivity contribution is 7.89. The predicted molar refractivity (Wildman–Crippen MR) is 125 cm³/mol. The summed E-state index contributed by atoms with van der Waals surface area (Å²) in [5.41, 5.74) is 0.462. The molecule has 10 nitrogen and oxygen atoms in total. The molecular weight excluding hydrogens is 460 g/mol. The van der Waals surface area contributed by atoms with Gasteiger partial charge in [0, 0.05) is 38.7 Å². The van der Waals surface area contributed by atoms with Crippen LogP contribution in [-0.4, -0.2) is 60.6 Å². The van der Waals surface area contributed by atoms with Crippen LogP contribution in [0, 0.1) is 16.0 Å². The first kappa shape index (κ1) is 25.3. The molecule has 0 radical (unpaired) electrons. The summed E-state index contributed by atoms with van der Waals surface area (Å²) >= 11 is 0. The van der Waals surface area contributed by atoms with Crippen molar-refractivity contribution in [2.75, 3.05) is 19.6 Å². The van der Waals surface area contributed by atoms with E-state index in [4.69, 9.17) is 0 Å². The third-order valence-corrected chi connectivity index (χ3v) is 7.17. The van der Waals surface area contributed by atoms with Gasteiger partial charge in [0.15, 0.2) is 4.90 Å². The highest BCUT2D eigenvalue weighted by Gasteiger charge is 2.39. The molecular formula is C23H28N4O6S. The molecule has 0 bridgehead atoms. The molecule has 0 aliphatic carbocycles. The number of piperazine rings is 1. The molecule has 1 N–H and O–H groups in total. The smallest absolute Gasteiger partial charge is 0.289 e. The van der Waals surface area contributed by atoms with Gasteiger partial charge in [-0.25, -0.2) is 13.1 Å². The second kappa shape index (κ2) is 10.7. The summed E-state index contributed by atoms with van der Waals surface area (Å²) in [4.78, 5) is 39.3. The maximum absolute atomic E-state index is 13.2. The molecule has 2 amide bonds. The van der Waals surface area contributed by atoms with E-state index in [1.807, 2.05) is 44.2 Å². The Morgan fingerprint density at radius 3 is 2.41 bits per heavy atom. The number of nitro benzene ring substituents is 1. The topological polar surface area (TPSA) is 130 Å². The summed E-state index contributed by atoms with van der Waals surface area (Å²) < 4.78 is 27.4. The predicted octanol–water partition coefficient (Wildman–Crippen LogP) is 2.16. The number of hydrogen-bond donors (Lipinski definition) is 1. The maximum atomic E-state index is 13.2. The molecule has 11 heteroatoms. The van der Waals surface area contributed by atoms with Crippen molar-refractivity contribution in [2.45, 2.75) is 37.8 Å². The van der Waals surface area contributed by atoms with Crippen LogP contribution in [0.3, 0.4) is 0 Å². The number of sulfonamides is 1. The zero-order chi connectivity index (χ0) is 24.9. The van der Waals surface area contributed by atoms with Crippen LogP contribution in [-0.2, 0) is 26.2 Å². The van der Waals surface area contributed by atoms with Crippen LogP contribution in [0.15, 0.2) is 59.5 Å². The lowest BCUT2D eigenvalue weighted by Crippen LogP contribution is -2.60. The monoisotopic (exact) mass is 488 g/mol. The van der Waals surface area contributed by atoms with Crippen molar-refractivity contribution in [3.63, 3.8) is 0 Å². The Balaban J connectivity index is 1.64. The van der Waals surface area contributed by atoms with Gasteiger partial charge in [0.25, 0.3) is 5.69 Å². The lowest BCUT2D eigenvalue weighted by atomic mass is 9.97. The SMILES string of the molecule is CC(C)C1C(=O)N(Cc2ccccc2)CCN1C(=O)CCNS(=O)(=O)c1ccccc1[N+](=O)[O-]. The van der Waals surface area contributed by atoms with Crippen LogP contribution >= 0.6 is 0 Å². The maximum Gasteiger partial charge on any atom is 0.289 e. The van der Waals surface area contributed by atoms with E-state index >= 15 is 0 Å². The van der Waals surface area contributed by atoms with Crippen molar-refractivity contribution in [3.8, 4) is 0 Å². The highest BCUT2D eigenvalue weighted by atomic mass is 32.2. The zero-order valence-corrected chi connectivity index (χ0v) is 19.9. The number of nitro groups is 1. The fourth-order valence-corrected chi connectivity index (χ4v) is 5.23. The van der Waals surface area contributed by atoms with E-state index in [0.717, 1.165) is 17.7 Å². The van der Waals surface area contributed by atoms with Crippen LogP contribution in [0.1, 0.15) is 25.8 Å². The standard InChI is InChI=1S/C23H28N4O6S/c1-17(2)22-23(29)25(16-18-8-4-3-5-9-18)14-15-26(22)21(28)12-13-24-34(32,33)20-11-7-6-10-19(20)27(30)31/h3-11,17,22,24H,12-16H2,1-2H3. The molecule has 2 aromatic carbocycles. The van der Waals surface area contributed by atoms with E-state index in [0.29, 0.717) is 19.6 Å². The van der Waals surface area contributed by atoms with Crippen molar-refractivity contribution >= 4 is 27.5 Å². The molecule has 0 saturated carbocycles. The van der Waals surface area contributed by atoms with Crippen LogP contribution in [0.5, 0.6) is 0 Å². The largest absolute Gasteiger partial charge is 0.335 e. The van der Waals surface area contributed by atoms with E-state index in [1.165, 1.54) is 17.0 Å². The number of rotatable bonds is 9. The van der Waals surface area contributed by atoms with Gasteiger partial charge in [0.05, 0.1) is 4.92 Å². The number of amides is 2. The summed E-state index contributed by atoms with van der Waals surface area (Å²) in [7, 11) is -4.18. The molecule has 0 aromatic heterocycles. The second-order valence-corrected chi connectivity index (χ2v) is 10.1. The van der Waals surface area contributed by atoms with Crippen molar-refractivity contribution in [3.05, 3.63) is 70.3 Å². The third kappa shape index (κ3) is 5.78. The van der Waals surface area contributed by atoms with E-state index < -0.39 is 31.6 Å². The normalized spacial score (nSPS) is 16.7. The summed E-state index contributed by atoms with van der Waals surface area (Å²) in [6.45, 7) is 4.68. The van der Waals surface area contributed by atoms with Crippen LogP contribution in [0.25, 0.3) is 0 Å². The Labute approximate surface area is 198 Å². The molecule has 1 heterocycles. The Hall–Kier alpha value is -3.31. The van der Waals surface area contributed by atoms with Gasteiger partial charge < -0.3 is 9.80 Å². The zero-order valence-electron chi connectivity index (χ0n) is 19.1. The number of benzene rings is 2. The average molecular weight is 489 g/mol. The van der Waals surface area contributed by atoms with Crippen LogP contribution < -0.4 is 4.72 Å². The minimum atomic E-state index is -4.18. The van der Waals surface area contributed by atoms with E-state index in [-0.39, 0.29) is 30.7 Å². The van der Waals surface area contributed by atoms with Crippen LogP contribution in [0.4, 0.5) is 5.69 Å². The third-order valence-electron chi connectivity index (χ3n) is 5.66. The van der Waals surface area contributed by atoms with Crippen molar-refractivity contribution in [1.29, 1.82) is 0 Å². The second-order valence-electron chi connectivity index (χ2n) is 8.39. The van der Waals surface area contributed by atoms with E-state index in [9.17, 15) is 28.1 Å². The molecule has 182 valence electrons. The number of nitrogens with one attached hydrogen (secondary N) is 1. The highest BCUT2D eigenvalue weighted by Crippen LogP contribution is 2.23. The molecule has 1 atom stereocenters. The first-order chi connectivity index (χ1) is 16.1. The quantitative estimate of drug-likeness (QED) is 0.425. The molecule has 34 heavy (non-hydrogen) atoms. The van der Waals surface area contributed by atoms with Gasteiger partial charge in [-0.1, -0.05) is 56.3 Å². The summed E-state index contributed by atoms with van der Waals surface area (Å²) in [5.74, 6) is -0.616. The van der Waals surface area contributed by atoms with Gasteiger partial charge in [0.1, 0.15) is 6.04 Å². The Morgan fingerprint density at radius 2 is 1.76 bits per heavy atom. The summed E-state index contributed by atoms with van der Waals surface area (Å²) in [5, 5.41) is 11.1. The van der Waals surface area contributed by atoms with Crippen molar-refractivity contribution < 1.29 is 22.9 Å². The lowest BCUT2D eigenvalue weighted by molar-refractivity contribution is -0.387. The Kier molecular flexibility index (Phi) is 8.00. The number of nitrogens with zero attached hydrogens (tertiary/aromatic N) is 3. The van der Waals surface area contributed by atoms with Gasteiger partial charge in [-0.05, 0) is 17.5 Å². The minimum absolute atomic E-state index is 0.126. The molecule has 0 spiro atoms. The lowest BCUT2D eigenvalue weighted by Gasteiger charge is -2.42. The van der Waals surface area contributed by atoms with Crippen molar-refractivity contribution in [2.24, 2.45) is 5.92 Å². The van der Waals surface area contributed by atoms with Gasteiger partial charge in [-0.15, -0.1) is 0 Å². The van der Waals surface area contributed by atoms with E-state index in [2.05, 4.69) is 4.72 Å². The number of hydrogen-bond acceptors (Lipinski definition) is 6. The number of para-hydroxylation sites is 1. The number of carbonyl (C=O) groups excluding carboxylic acids is 2. The molecule has 1 unspecified atom stereocenters. The summed E-state index contributed by atoms with van der Waals surface area (Å²) in [6, 6.07) is 14.0. The molecule has 1 aliphatic rings. The fourth-order valence-electron chi connectivity index (χ4n) is 4.03. The Morgan fingerprint density at radius 1 is 1.12 bits per heavy atom. The molecule has 2 aromatic rings. The van der Waals surface area contributed by atoms with E-state index in [1.54, 1.807) is 4.90 Å². The molecule has 1 fully saturated rings. The Bertz CT molecular complexity index is 1150. The van der Waals surface area contributed by atoms with Gasteiger partial charge in [-0.3, -0.25) is 19.7 Å². The van der Waals surface area contributed by atoms with Crippen molar-refractivity contribution in [1.82, 2.24) is 14.5 Å². The molecule has 1 aliphatic heterocycles. The van der Waals surface area contributed by atoms with Gasteiger partial charge in [0.2, 0.25) is 21.8 Å². The van der Waals surface area contributed by atoms with Crippen LogP contribution in [0.2, 0.25) is 0 Å². The number of carbonyl (C=O) groups is 2.